The van der Waals surface area contributed by atoms with Gasteiger partial charge in [0.2, 0.25) is 0 Å². The molecule has 4 aromatic carbocycles. The Hall–Kier alpha value is -5.55. The molecule has 0 radical (unpaired) electrons. The van der Waals surface area contributed by atoms with E-state index in [1.807, 2.05) is 0 Å². The number of nitrogens with zero attached hydrogens (tertiary/aromatic N) is 4. The summed E-state index contributed by atoms with van der Waals surface area (Å²) in [6, 6.07) is 20.0. The lowest BCUT2D eigenvalue weighted by Crippen LogP contribution is -2.20. The summed E-state index contributed by atoms with van der Waals surface area (Å²) in [5.41, 5.74) is 1.34. The minimum Gasteiger partial charge on any atom is -0.399 e. The van der Waals surface area contributed by atoms with Crippen LogP contribution in [0.4, 0.5) is 45.5 Å². The third-order valence-corrected chi connectivity index (χ3v) is 9.53. The highest BCUT2D eigenvalue weighted by Gasteiger charge is 2.41. The lowest BCUT2D eigenvalue weighted by Gasteiger charge is -2.13. The number of carbonyl (C=O) groups is 2. The van der Waals surface area contributed by atoms with Crippen LogP contribution in [-0.2, 0) is 32.8 Å². The van der Waals surface area contributed by atoms with Crippen LogP contribution in [-0.4, -0.2) is 47.5 Å². The van der Waals surface area contributed by atoms with Crippen LogP contribution in [0.2, 0.25) is 10.0 Å². The fourth-order valence-electron chi connectivity index (χ4n) is 4.70. The zero-order valence-corrected chi connectivity index (χ0v) is 32.6. The molecule has 6 aromatic rings. The van der Waals surface area contributed by atoms with E-state index in [9.17, 15) is 60.5 Å². The molecule has 59 heavy (non-hydrogen) atoms. The molecule has 0 bridgehead atoms. The standard InChI is InChI=1S/C17H10ClF4N3O3S.C11H5Cl2F3N2O.C6H6FNO2S/c18-10-4-6-12(7-5-10)25-15(17(19,20)21)14(9-23-25)16(26)24-11-2-1-3-13(8-11)29(22,27)28;12-6-1-3-7(4-2-6)18-9(11(14,15)16)8(5-17-18)10(13)19;7-11(9,10)6-3-1-2-5(8)4-6/h1-9H,(H,24,26);1-5H;1-4H,8H2. The number of carbonyl (C=O) groups excluding carboxylic acids is 2. The Bertz CT molecular complexity index is 2710. The first-order chi connectivity index (χ1) is 27.3. The van der Waals surface area contributed by atoms with Crippen LogP contribution in [0.25, 0.3) is 11.4 Å². The van der Waals surface area contributed by atoms with E-state index in [-0.39, 0.29) is 22.7 Å². The van der Waals surface area contributed by atoms with Crippen molar-refractivity contribution in [2.75, 3.05) is 11.1 Å². The molecule has 0 fully saturated rings. The zero-order chi connectivity index (χ0) is 44.1. The maximum Gasteiger partial charge on any atom is 0.434 e. The molecule has 0 atom stereocenters. The summed E-state index contributed by atoms with van der Waals surface area (Å²) >= 11 is 16.5. The largest absolute Gasteiger partial charge is 0.434 e. The molecule has 312 valence electrons. The minimum absolute atomic E-state index is 0.0197. The van der Waals surface area contributed by atoms with Gasteiger partial charge in [-0.2, -0.15) is 53.4 Å². The van der Waals surface area contributed by atoms with Crippen LogP contribution >= 0.6 is 34.8 Å². The van der Waals surface area contributed by atoms with E-state index < -0.39 is 76.3 Å². The predicted molar refractivity (Wildman–Crippen MR) is 199 cm³/mol. The van der Waals surface area contributed by atoms with Gasteiger partial charge in [-0.3, -0.25) is 9.59 Å². The average molecular weight is 932 g/mol. The summed E-state index contributed by atoms with van der Waals surface area (Å²) in [6.45, 7) is 0. The van der Waals surface area contributed by atoms with Crippen LogP contribution in [0, 0.1) is 0 Å². The molecule has 6 rings (SSSR count). The lowest BCUT2D eigenvalue weighted by atomic mass is 10.2. The highest BCUT2D eigenvalue weighted by atomic mass is 35.5. The highest BCUT2D eigenvalue weighted by Crippen LogP contribution is 2.36. The Morgan fingerprint density at radius 1 is 0.627 bits per heavy atom. The van der Waals surface area contributed by atoms with Gasteiger partial charge in [-0.15, -0.1) is 7.77 Å². The fourth-order valence-corrected chi connectivity index (χ4v) is 6.12. The average Bonchev–Trinajstić information content (AvgIpc) is 3.79. The predicted octanol–water partition coefficient (Wildman–Crippen LogP) is 9.31. The normalized spacial score (nSPS) is 11.8. The first-order valence-corrected chi connectivity index (χ1v) is 19.4. The van der Waals surface area contributed by atoms with Gasteiger partial charge < -0.3 is 11.1 Å². The van der Waals surface area contributed by atoms with E-state index in [0.29, 0.717) is 19.4 Å². The van der Waals surface area contributed by atoms with Gasteiger partial charge in [0.05, 0.1) is 34.9 Å². The van der Waals surface area contributed by atoms with Gasteiger partial charge in [0.25, 0.3) is 11.1 Å². The summed E-state index contributed by atoms with van der Waals surface area (Å²) in [5.74, 6) is -1.20. The van der Waals surface area contributed by atoms with Crippen molar-refractivity contribution in [2.24, 2.45) is 0 Å². The van der Waals surface area contributed by atoms with Crippen LogP contribution in [0.15, 0.2) is 119 Å². The van der Waals surface area contributed by atoms with Crippen LogP contribution in [0.1, 0.15) is 32.1 Å². The van der Waals surface area contributed by atoms with Crippen LogP contribution in [0.3, 0.4) is 0 Å². The van der Waals surface area contributed by atoms with Crippen LogP contribution in [0.5, 0.6) is 0 Å². The van der Waals surface area contributed by atoms with Gasteiger partial charge in [-0.25, -0.2) is 9.36 Å². The topological polar surface area (TPSA) is 176 Å². The second-order valence-corrected chi connectivity index (χ2v) is 15.2. The zero-order valence-electron chi connectivity index (χ0n) is 28.7. The van der Waals surface area contributed by atoms with Gasteiger partial charge in [0, 0.05) is 21.4 Å². The van der Waals surface area contributed by atoms with Crippen molar-refractivity contribution < 1.29 is 60.5 Å². The Labute approximate surface area is 343 Å². The van der Waals surface area contributed by atoms with Crippen LogP contribution < -0.4 is 11.1 Å². The van der Waals surface area contributed by atoms with Crippen molar-refractivity contribution in [3.63, 3.8) is 0 Å². The molecular weight excluding hydrogens is 911 g/mol. The smallest absolute Gasteiger partial charge is 0.399 e. The van der Waals surface area contributed by atoms with E-state index in [0.717, 1.165) is 42.7 Å². The molecular formula is C34H21Cl3F8N6O6S2. The van der Waals surface area contributed by atoms with E-state index in [1.54, 1.807) is 0 Å². The Kier molecular flexibility index (Phi) is 14.2. The van der Waals surface area contributed by atoms with Crippen molar-refractivity contribution in [1.82, 2.24) is 19.6 Å². The summed E-state index contributed by atoms with van der Waals surface area (Å²) in [6.07, 6.45) is -8.18. The summed E-state index contributed by atoms with van der Waals surface area (Å²) in [7, 11) is -9.66. The minimum atomic E-state index is -5.05. The van der Waals surface area contributed by atoms with Crippen molar-refractivity contribution in [3.8, 4) is 11.4 Å². The lowest BCUT2D eigenvalue weighted by molar-refractivity contribution is -0.143. The number of hydrogen-bond acceptors (Lipinski definition) is 9. The Balaban J connectivity index is 0.000000219. The number of halogens is 11. The number of nitrogen functional groups attached to an aromatic ring is 1. The first-order valence-electron chi connectivity index (χ1n) is 15.5. The number of hydrogen-bond donors (Lipinski definition) is 2. The monoisotopic (exact) mass is 930 g/mol. The third-order valence-electron chi connectivity index (χ3n) is 7.19. The number of anilines is 2. The highest BCUT2D eigenvalue weighted by molar-refractivity contribution is 7.86. The Morgan fingerprint density at radius 2 is 1.03 bits per heavy atom. The molecule has 0 saturated heterocycles. The SMILES string of the molecule is Nc1cccc(S(=O)(=O)F)c1.O=C(Cl)c1cnn(-c2ccc(Cl)cc2)c1C(F)(F)F.O=C(Nc1cccc(S(=O)(=O)F)c1)c1cnn(-c2ccc(Cl)cc2)c1C(F)(F)F. The van der Waals surface area contributed by atoms with Gasteiger partial charge in [-0.05, 0) is 96.5 Å². The number of nitrogens with two attached hydrogens (primary N) is 1. The number of alkyl halides is 6. The molecule has 12 nitrogen and oxygen atoms in total. The molecule has 0 aliphatic carbocycles. The molecule has 0 aliphatic heterocycles. The Morgan fingerprint density at radius 3 is 1.42 bits per heavy atom. The number of rotatable bonds is 7. The first kappa shape index (κ1) is 46.1. The fraction of sp³-hybridized carbons (Fsp3) is 0.0588. The molecule has 25 heteroatoms. The summed E-state index contributed by atoms with van der Waals surface area (Å²) in [5, 5.41) is 8.76. The van der Waals surface area contributed by atoms with Crippen molar-refractivity contribution in [1.29, 1.82) is 0 Å². The maximum atomic E-state index is 13.6. The second kappa shape index (κ2) is 18.2. The van der Waals surface area contributed by atoms with Crippen molar-refractivity contribution in [3.05, 3.63) is 142 Å². The quantitative estimate of drug-likeness (QED) is 0.0898. The number of amides is 1. The third kappa shape index (κ3) is 12.2. The molecule has 0 spiro atoms. The van der Waals surface area contributed by atoms with Gasteiger partial charge in [0.15, 0.2) is 11.4 Å². The van der Waals surface area contributed by atoms with E-state index in [1.165, 1.54) is 66.7 Å². The molecule has 2 heterocycles. The molecule has 0 aliphatic rings. The number of benzene rings is 4. The molecule has 1 amide bonds. The van der Waals surface area contributed by atoms with Crippen molar-refractivity contribution >= 4 is 77.8 Å². The molecule has 2 aromatic heterocycles. The van der Waals surface area contributed by atoms with Gasteiger partial charge >= 0.3 is 32.8 Å². The number of aromatic nitrogens is 4. The van der Waals surface area contributed by atoms with E-state index >= 15 is 0 Å². The van der Waals surface area contributed by atoms with E-state index in [2.05, 4.69) is 15.5 Å². The van der Waals surface area contributed by atoms with E-state index in [4.69, 9.17) is 40.5 Å². The molecule has 0 saturated carbocycles. The summed E-state index contributed by atoms with van der Waals surface area (Å²) < 4.78 is 149. The maximum absolute atomic E-state index is 13.6. The molecule has 0 unspecified atom stereocenters. The summed E-state index contributed by atoms with van der Waals surface area (Å²) in [4.78, 5) is 22.3. The number of nitrogens with one attached hydrogen (secondary N) is 1. The van der Waals surface area contributed by atoms with Gasteiger partial charge in [-0.1, -0.05) is 35.3 Å². The molecule has 3 N–H and O–H groups in total. The van der Waals surface area contributed by atoms with Crippen molar-refractivity contribution in [2.45, 2.75) is 22.1 Å². The van der Waals surface area contributed by atoms with Gasteiger partial charge in [0.1, 0.15) is 9.79 Å². The second-order valence-electron chi connectivity index (χ2n) is 11.3.